The zero-order valence-corrected chi connectivity index (χ0v) is 13.5. The van der Waals surface area contributed by atoms with E-state index in [-0.39, 0.29) is 5.92 Å². The normalized spacial score (nSPS) is 12.4. The van der Waals surface area contributed by atoms with Crippen LogP contribution in [0.4, 0.5) is 8.78 Å². The predicted octanol–water partition coefficient (Wildman–Crippen LogP) is 4.35. The molecule has 0 spiro atoms. The first-order chi connectivity index (χ1) is 10.1. The van der Waals surface area contributed by atoms with Crippen LogP contribution in [0.5, 0.6) is 0 Å². The van der Waals surface area contributed by atoms with Crippen molar-refractivity contribution in [3.63, 3.8) is 0 Å². The van der Waals surface area contributed by atoms with Crippen molar-refractivity contribution in [2.75, 3.05) is 13.6 Å². The summed E-state index contributed by atoms with van der Waals surface area (Å²) in [5.74, 6) is -0.766. The van der Waals surface area contributed by atoms with Gasteiger partial charge in [-0.2, -0.15) is 0 Å². The van der Waals surface area contributed by atoms with Crippen LogP contribution in [-0.2, 0) is 12.8 Å². The Morgan fingerprint density at radius 2 is 1.71 bits per heavy atom. The molecule has 0 aromatic heterocycles. The Balaban J connectivity index is 2.13. The number of hydrogen-bond donors (Lipinski definition) is 1. The molecule has 0 aliphatic carbocycles. The van der Waals surface area contributed by atoms with E-state index in [2.05, 4.69) is 27.3 Å². The summed E-state index contributed by atoms with van der Waals surface area (Å²) in [7, 11) is 1.89. The summed E-state index contributed by atoms with van der Waals surface area (Å²) in [5.41, 5.74) is 1.90. The molecule has 2 aromatic carbocycles. The Morgan fingerprint density at radius 1 is 1.05 bits per heavy atom. The highest BCUT2D eigenvalue weighted by molar-refractivity contribution is 9.10. The maximum Gasteiger partial charge on any atom is 0.126 e. The Labute approximate surface area is 132 Å². The lowest BCUT2D eigenvalue weighted by molar-refractivity contribution is 0.488. The van der Waals surface area contributed by atoms with Gasteiger partial charge in [0.15, 0.2) is 0 Å². The van der Waals surface area contributed by atoms with Gasteiger partial charge in [0.2, 0.25) is 0 Å². The molecule has 0 aliphatic heterocycles. The summed E-state index contributed by atoms with van der Waals surface area (Å²) in [5, 5.41) is 3.15. The molecule has 0 fully saturated rings. The van der Waals surface area contributed by atoms with Crippen molar-refractivity contribution in [2.45, 2.75) is 12.8 Å². The largest absolute Gasteiger partial charge is 0.319 e. The third-order valence-corrected chi connectivity index (χ3v) is 4.18. The molecule has 1 N–H and O–H groups in total. The fourth-order valence-corrected chi connectivity index (χ4v) is 2.99. The summed E-state index contributed by atoms with van der Waals surface area (Å²) in [4.78, 5) is 0. The predicted molar refractivity (Wildman–Crippen MR) is 85.3 cm³/mol. The van der Waals surface area contributed by atoms with E-state index in [1.165, 1.54) is 17.7 Å². The average Bonchev–Trinajstić information content (AvgIpc) is 2.40. The maximum absolute atomic E-state index is 13.3. The molecule has 2 aromatic rings. The van der Waals surface area contributed by atoms with Crippen molar-refractivity contribution < 1.29 is 8.78 Å². The molecule has 1 unspecified atom stereocenters. The fourth-order valence-electron chi connectivity index (χ4n) is 2.54. The van der Waals surface area contributed by atoms with Gasteiger partial charge in [0.05, 0.1) is 0 Å². The first kappa shape index (κ1) is 16.1. The molecule has 2 rings (SSSR count). The molecule has 1 nitrogen and oxygen atoms in total. The van der Waals surface area contributed by atoms with E-state index in [1.54, 1.807) is 0 Å². The second kappa shape index (κ2) is 7.66. The van der Waals surface area contributed by atoms with E-state index in [9.17, 15) is 8.78 Å². The minimum absolute atomic E-state index is 0.273. The number of hydrogen-bond acceptors (Lipinski definition) is 1. The molecule has 0 radical (unpaired) electrons. The Hall–Kier alpha value is -1.26. The van der Waals surface area contributed by atoms with Crippen molar-refractivity contribution in [3.8, 4) is 0 Å². The number of benzene rings is 2. The van der Waals surface area contributed by atoms with Crippen molar-refractivity contribution in [1.82, 2.24) is 5.32 Å². The van der Waals surface area contributed by atoms with Crippen molar-refractivity contribution >= 4 is 15.9 Å². The van der Waals surface area contributed by atoms with Gasteiger partial charge in [-0.05, 0) is 61.7 Å². The molecule has 112 valence electrons. The van der Waals surface area contributed by atoms with E-state index in [1.807, 2.05) is 25.2 Å². The van der Waals surface area contributed by atoms with Gasteiger partial charge in [-0.3, -0.25) is 0 Å². The smallest absolute Gasteiger partial charge is 0.126 e. The number of rotatable bonds is 6. The Bertz CT molecular complexity index is 581. The van der Waals surface area contributed by atoms with Crippen LogP contribution >= 0.6 is 15.9 Å². The van der Waals surface area contributed by atoms with Crippen LogP contribution < -0.4 is 5.32 Å². The third-order valence-electron chi connectivity index (χ3n) is 3.41. The summed E-state index contributed by atoms with van der Waals surface area (Å²) in [6.07, 6.45) is 1.48. The van der Waals surface area contributed by atoms with Crippen LogP contribution in [0.3, 0.4) is 0 Å². The molecule has 0 saturated carbocycles. The highest BCUT2D eigenvalue weighted by atomic mass is 79.9. The van der Waals surface area contributed by atoms with Crippen LogP contribution in [0.15, 0.2) is 46.9 Å². The minimum Gasteiger partial charge on any atom is -0.319 e. The summed E-state index contributed by atoms with van der Waals surface area (Å²) in [6, 6.07) is 11.8. The molecule has 4 heteroatoms. The van der Waals surface area contributed by atoms with Crippen LogP contribution in [0, 0.1) is 17.6 Å². The Kier molecular flexibility index (Phi) is 5.88. The number of nitrogens with one attached hydrogen (secondary N) is 1. The molecule has 0 amide bonds. The Morgan fingerprint density at radius 3 is 2.33 bits per heavy atom. The standard InChI is InChI=1S/C17H18BrF2N/c1-21-11-13(7-14-4-2-3-5-17(14)18)6-12-8-15(19)10-16(20)9-12/h2-5,8-10,13,21H,6-7,11H2,1H3. The summed E-state index contributed by atoms with van der Waals surface area (Å²) in [6.45, 7) is 0.791. The van der Waals surface area contributed by atoms with Crippen molar-refractivity contribution in [2.24, 2.45) is 5.92 Å². The van der Waals surface area contributed by atoms with Gasteiger partial charge in [-0.15, -0.1) is 0 Å². The van der Waals surface area contributed by atoms with Gasteiger partial charge in [-0.25, -0.2) is 8.78 Å². The van der Waals surface area contributed by atoms with Crippen LogP contribution in [-0.4, -0.2) is 13.6 Å². The van der Waals surface area contributed by atoms with E-state index in [0.717, 1.165) is 23.5 Å². The van der Waals surface area contributed by atoms with E-state index in [0.29, 0.717) is 12.0 Å². The van der Waals surface area contributed by atoms with Crippen LogP contribution in [0.25, 0.3) is 0 Å². The van der Waals surface area contributed by atoms with Crippen molar-refractivity contribution in [3.05, 3.63) is 69.7 Å². The zero-order valence-electron chi connectivity index (χ0n) is 11.9. The SMILES string of the molecule is CNCC(Cc1cc(F)cc(F)c1)Cc1ccccc1Br. The van der Waals surface area contributed by atoms with E-state index < -0.39 is 11.6 Å². The molecule has 0 bridgehead atoms. The lowest BCUT2D eigenvalue weighted by Crippen LogP contribution is -2.23. The van der Waals surface area contributed by atoms with Crippen LogP contribution in [0.1, 0.15) is 11.1 Å². The quantitative estimate of drug-likeness (QED) is 0.813. The second-order valence-corrected chi connectivity index (χ2v) is 6.06. The first-order valence-electron chi connectivity index (χ1n) is 6.91. The maximum atomic E-state index is 13.3. The molecule has 0 saturated heterocycles. The highest BCUT2D eigenvalue weighted by Gasteiger charge is 2.13. The monoisotopic (exact) mass is 353 g/mol. The lowest BCUT2D eigenvalue weighted by atomic mass is 9.92. The molecular weight excluding hydrogens is 336 g/mol. The van der Waals surface area contributed by atoms with Gasteiger partial charge in [0.25, 0.3) is 0 Å². The molecule has 1 atom stereocenters. The lowest BCUT2D eigenvalue weighted by Gasteiger charge is -2.18. The van der Waals surface area contributed by atoms with Gasteiger partial charge in [0, 0.05) is 10.5 Å². The zero-order chi connectivity index (χ0) is 15.2. The second-order valence-electron chi connectivity index (χ2n) is 5.20. The van der Waals surface area contributed by atoms with Gasteiger partial charge in [0.1, 0.15) is 11.6 Å². The average molecular weight is 354 g/mol. The third kappa shape index (κ3) is 4.90. The van der Waals surface area contributed by atoms with E-state index in [4.69, 9.17) is 0 Å². The highest BCUT2D eigenvalue weighted by Crippen LogP contribution is 2.22. The van der Waals surface area contributed by atoms with Crippen LogP contribution in [0.2, 0.25) is 0 Å². The summed E-state index contributed by atoms with van der Waals surface area (Å²) < 4.78 is 27.7. The molecule has 0 aliphatic rings. The van der Waals surface area contributed by atoms with Gasteiger partial charge in [-0.1, -0.05) is 34.1 Å². The minimum atomic E-state index is -0.519. The van der Waals surface area contributed by atoms with E-state index >= 15 is 0 Å². The fraction of sp³-hybridized carbons (Fsp3) is 0.294. The molecule has 0 heterocycles. The van der Waals surface area contributed by atoms with Gasteiger partial charge < -0.3 is 5.32 Å². The van der Waals surface area contributed by atoms with Gasteiger partial charge >= 0.3 is 0 Å². The molecule has 21 heavy (non-hydrogen) atoms. The topological polar surface area (TPSA) is 12.0 Å². The van der Waals surface area contributed by atoms with Crippen molar-refractivity contribution in [1.29, 1.82) is 0 Å². The summed E-state index contributed by atoms with van der Waals surface area (Å²) >= 11 is 3.54. The molecular formula is C17H18BrF2N. The number of halogens is 3. The first-order valence-corrected chi connectivity index (χ1v) is 7.70.